The van der Waals surface area contributed by atoms with Gasteiger partial charge in [-0.05, 0) is 20.4 Å². The number of hydrogen-bond acceptors (Lipinski definition) is 4. The highest BCUT2D eigenvalue weighted by Crippen LogP contribution is 1.97. The molecule has 1 amide bonds. The van der Waals surface area contributed by atoms with Gasteiger partial charge in [0.25, 0.3) is 0 Å². The number of ether oxygens (including phenoxy) is 1. The predicted molar refractivity (Wildman–Crippen MR) is 66.6 cm³/mol. The SMILES string of the molecule is CCCCCNC(=O)C(C)N(C)CC(=O)OC. The molecule has 0 aliphatic rings. The van der Waals surface area contributed by atoms with Crippen molar-refractivity contribution in [3.63, 3.8) is 0 Å². The van der Waals surface area contributed by atoms with E-state index in [1.54, 1.807) is 18.9 Å². The van der Waals surface area contributed by atoms with Crippen LogP contribution in [0.2, 0.25) is 0 Å². The van der Waals surface area contributed by atoms with Crippen molar-refractivity contribution in [1.29, 1.82) is 0 Å². The van der Waals surface area contributed by atoms with Crippen molar-refractivity contribution in [2.75, 3.05) is 27.2 Å². The molecule has 0 fully saturated rings. The van der Waals surface area contributed by atoms with Crippen LogP contribution in [0.4, 0.5) is 0 Å². The van der Waals surface area contributed by atoms with E-state index in [9.17, 15) is 9.59 Å². The van der Waals surface area contributed by atoms with Gasteiger partial charge in [0.15, 0.2) is 0 Å². The fourth-order valence-electron chi connectivity index (χ4n) is 1.34. The summed E-state index contributed by atoms with van der Waals surface area (Å²) in [5, 5.41) is 2.86. The minimum absolute atomic E-state index is 0.0486. The minimum atomic E-state index is -0.335. The number of methoxy groups -OCH3 is 1. The number of rotatable bonds is 8. The average molecular weight is 244 g/mol. The summed E-state index contributed by atoms with van der Waals surface area (Å²) in [5.74, 6) is -0.384. The van der Waals surface area contributed by atoms with E-state index in [0.29, 0.717) is 6.54 Å². The molecule has 100 valence electrons. The van der Waals surface area contributed by atoms with Crippen molar-refractivity contribution in [3.8, 4) is 0 Å². The van der Waals surface area contributed by atoms with Crippen molar-refractivity contribution in [3.05, 3.63) is 0 Å². The summed E-state index contributed by atoms with van der Waals surface area (Å²) in [7, 11) is 3.07. The maximum absolute atomic E-state index is 11.7. The summed E-state index contributed by atoms with van der Waals surface area (Å²) >= 11 is 0. The lowest BCUT2D eigenvalue weighted by Crippen LogP contribution is -2.45. The molecular formula is C12H24N2O3. The van der Waals surface area contributed by atoms with Crippen LogP contribution in [-0.2, 0) is 14.3 Å². The molecule has 5 nitrogen and oxygen atoms in total. The van der Waals surface area contributed by atoms with Crippen LogP contribution in [0.25, 0.3) is 0 Å². The summed E-state index contributed by atoms with van der Waals surface area (Å²) in [5.41, 5.74) is 0. The van der Waals surface area contributed by atoms with Crippen molar-refractivity contribution in [1.82, 2.24) is 10.2 Å². The zero-order valence-corrected chi connectivity index (χ0v) is 11.3. The van der Waals surface area contributed by atoms with E-state index in [1.165, 1.54) is 7.11 Å². The second-order valence-electron chi connectivity index (χ2n) is 4.17. The van der Waals surface area contributed by atoms with Crippen LogP contribution in [0.1, 0.15) is 33.1 Å². The number of likely N-dealkylation sites (N-methyl/N-ethyl adjacent to an activating group) is 1. The van der Waals surface area contributed by atoms with Gasteiger partial charge in [-0.25, -0.2) is 0 Å². The van der Waals surface area contributed by atoms with Crippen LogP contribution >= 0.6 is 0 Å². The van der Waals surface area contributed by atoms with Crippen molar-refractivity contribution < 1.29 is 14.3 Å². The maximum Gasteiger partial charge on any atom is 0.319 e. The van der Waals surface area contributed by atoms with Crippen LogP contribution in [-0.4, -0.2) is 50.1 Å². The van der Waals surface area contributed by atoms with Crippen LogP contribution in [0, 0.1) is 0 Å². The van der Waals surface area contributed by atoms with Crippen LogP contribution in [0.3, 0.4) is 0 Å². The number of carbonyl (C=O) groups is 2. The highest BCUT2D eigenvalue weighted by Gasteiger charge is 2.19. The van der Waals surface area contributed by atoms with Gasteiger partial charge < -0.3 is 10.1 Å². The van der Waals surface area contributed by atoms with Crippen LogP contribution in [0.15, 0.2) is 0 Å². The van der Waals surface area contributed by atoms with Crippen molar-refractivity contribution in [2.24, 2.45) is 0 Å². The third-order valence-corrected chi connectivity index (χ3v) is 2.73. The summed E-state index contributed by atoms with van der Waals surface area (Å²) < 4.78 is 4.55. The number of hydrogen-bond donors (Lipinski definition) is 1. The van der Waals surface area contributed by atoms with E-state index in [1.807, 2.05) is 0 Å². The summed E-state index contributed by atoms with van der Waals surface area (Å²) in [6, 6.07) is -0.323. The first kappa shape index (κ1) is 15.9. The highest BCUT2D eigenvalue weighted by molar-refractivity contribution is 5.82. The minimum Gasteiger partial charge on any atom is -0.468 e. The zero-order valence-electron chi connectivity index (χ0n) is 11.3. The number of unbranched alkanes of at least 4 members (excludes halogenated alkanes) is 2. The fraction of sp³-hybridized carbons (Fsp3) is 0.833. The Morgan fingerprint density at radius 3 is 2.53 bits per heavy atom. The lowest BCUT2D eigenvalue weighted by atomic mass is 10.2. The number of amides is 1. The standard InChI is InChI=1S/C12H24N2O3/c1-5-6-7-8-13-12(16)10(2)14(3)9-11(15)17-4/h10H,5-9H2,1-4H3,(H,13,16). The molecule has 0 spiro atoms. The Balaban J connectivity index is 3.90. The Morgan fingerprint density at radius 1 is 1.35 bits per heavy atom. The van der Waals surface area contributed by atoms with Crippen LogP contribution in [0.5, 0.6) is 0 Å². The van der Waals surface area contributed by atoms with Gasteiger partial charge >= 0.3 is 5.97 Å². The Labute approximate surface area is 103 Å². The van der Waals surface area contributed by atoms with Gasteiger partial charge in [0.05, 0.1) is 19.7 Å². The number of nitrogens with one attached hydrogen (secondary N) is 1. The monoisotopic (exact) mass is 244 g/mol. The Hall–Kier alpha value is -1.10. The van der Waals surface area contributed by atoms with Crippen molar-refractivity contribution >= 4 is 11.9 Å². The maximum atomic E-state index is 11.7. The Kier molecular flexibility index (Phi) is 8.40. The lowest BCUT2D eigenvalue weighted by Gasteiger charge is -2.22. The molecule has 0 bridgehead atoms. The summed E-state index contributed by atoms with van der Waals surface area (Å²) in [6.45, 7) is 4.72. The van der Waals surface area contributed by atoms with Gasteiger partial charge in [-0.1, -0.05) is 19.8 Å². The van der Waals surface area contributed by atoms with Gasteiger partial charge in [0, 0.05) is 6.54 Å². The molecule has 17 heavy (non-hydrogen) atoms. The van der Waals surface area contributed by atoms with E-state index >= 15 is 0 Å². The second-order valence-corrected chi connectivity index (χ2v) is 4.17. The third-order valence-electron chi connectivity index (χ3n) is 2.73. The van der Waals surface area contributed by atoms with Gasteiger partial charge in [-0.2, -0.15) is 0 Å². The number of carbonyl (C=O) groups excluding carboxylic acids is 2. The first-order chi connectivity index (χ1) is 8.02. The molecule has 0 aromatic heterocycles. The van der Waals surface area contributed by atoms with Gasteiger partial charge in [-0.15, -0.1) is 0 Å². The van der Waals surface area contributed by atoms with E-state index in [0.717, 1.165) is 19.3 Å². The molecule has 1 atom stereocenters. The molecule has 0 aliphatic heterocycles. The molecule has 0 heterocycles. The van der Waals surface area contributed by atoms with E-state index < -0.39 is 0 Å². The van der Waals surface area contributed by atoms with Gasteiger partial charge in [0.1, 0.15) is 0 Å². The average Bonchev–Trinajstić information content (AvgIpc) is 2.33. The van der Waals surface area contributed by atoms with E-state index in [4.69, 9.17) is 0 Å². The van der Waals surface area contributed by atoms with E-state index in [2.05, 4.69) is 17.0 Å². The molecule has 1 unspecified atom stereocenters. The third kappa shape index (κ3) is 6.94. The Bertz CT molecular complexity index is 244. The summed E-state index contributed by atoms with van der Waals surface area (Å²) in [6.07, 6.45) is 3.25. The smallest absolute Gasteiger partial charge is 0.319 e. The molecule has 0 rings (SSSR count). The second kappa shape index (κ2) is 8.98. The molecule has 0 radical (unpaired) electrons. The molecule has 0 saturated heterocycles. The molecule has 0 saturated carbocycles. The van der Waals surface area contributed by atoms with Gasteiger partial charge in [-0.3, -0.25) is 14.5 Å². The largest absolute Gasteiger partial charge is 0.468 e. The Morgan fingerprint density at radius 2 is 2.00 bits per heavy atom. The fourth-order valence-corrected chi connectivity index (χ4v) is 1.34. The summed E-state index contributed by atoms with van der Waals surface area (Å²) in [4.78, 5) is 24.4. The van der Waals surface area contributed by atoms with Crippen molar-refractivity contribution in [2.45, 2.75) is 39.2 Å². The molecule has 0 aromatic rings. The van der Waals surface area contributed by atoms with Crippen LogP contribution < -0.4 is 5.32 Å². The normalized spacial score (nSPS) is 12.3. The zero-order chi connectivity index (χ0) is 13.3. The molecular weight excluding hydrogens is 220 g/mol. The topological polar surface area (TPSA) is 58.6 Å². The molecule has 0 aliphatic carbocycles. The quantitative estimate of drug-likeness (QED) is 0.506. The van der Waals surface area contributed by atoms with Gasteiger partial charge in [0.2, 0.25) is 5.91 Å². The number of nitrogens with zero attached hydrogens (tertiary/aromatic N) is 1. The first-order valence-corrected chi connectivity index (χ1v) is 6.07. The lowest BCUT2D eigenvalue weighted by molar-refractivity contribution is -0.142. The molecule has 1 N–H and O–H groups in total. The highest BCUT2D eigenvalue weighted by atomic mass is 16.5. The number of esters is 1. The molecule has 5 heteroatoms. The first-order valence-electron chi connectivity index (χ1n) is 6.07. The molecule has 0 aromatic carbocycles. The van der Waals surface area contributed by atoms with E-state index in [-0.39, 0.29) is 24.5 Å². The predicted octanol–water partition coefficient (Wildman–Crippen LogP) is 0.786.